The molecule has 1 aliphatic rings. The fraction of sp³-hybridized carbons (Fsp3) is 0.821. The lowest BCUT2D eigenvalue weighted by Gasteiger charge is -2.36. The van der Waals surface area contributed by atoms with Crippen LogP contribution in [0, 0.1) is 10.8 Å². The van der Waals surface area contributed by atoms with Crippen LogP contribution in [0.1, 0.15) is 86.0 Å². The van der Waals surface area contributed by atoms with Crippen LogP contribution in [-0.2, 0) is 33.4 Å². The van der Waals surface area contributed by atoms with E-state index < -0.39 is 22.8 Å². The van der Waals surface area contributed by atoms with Crippen molar-refractivity contribution < 1.29 is 33.4 Å². The molecule has 1 saturated heterocycles. The van der Waals surface area contributed by atoms with Crippen LogP contribution in [0.25, 0.3) is 0 Å². The monoisotopic (exact) mass is 539 g/mol. The molecule has 1 fully saturated rings. The minimum atomic E-state index is -0.951. The average Bonchev–Trinajstić information content (AvgIpc) is 3.28. The molecule has 0 aromatic heterocycles. The van der Waals surface area contributed by atoms with Gasteiger partial charge in [0.1, 0.15) is 25.4 Å². The molecule has 1 rings (SSSR count). The molecule has 10 heteroatoms. The van der Waals surface area contributed by atoms with Crippen molar-refractivity contribution in [2.75, 3.05) is 46.9 Å². The van der Waals surface area contributed by atoms with Crippen LogP contribution in [0.5, 0.6) is 0 Å². The van der Waals surface area contributed by atoms with E-state index in [0.29, 0.717) is 45.2 Å². The smallest absolute Gasteiger partial charge is 0.313 e. The first-order valence-electron chi connectivity index (χ1n) is 13.8. The Labute approximate surface area is 228 Å². The highest BCUT2D eigenvalue weighted by Crippen LogP contribution is 2.39. The van der Waals surface area contributed by atoms with Crippen LogP contribution < -0.4 is 5.32 Å². The second kappa shape index (κ2) is 15.8. The van der Waals surface area contributed by atoms with E-state index in [0.717, 1.165) is 19.4 Å². The molecule has 0 saturated carbocycles. The van der Waals surface area contributed by atoms with Crippen LogP contribution in [-0.4, -0.2) is 92.3 Å². The van der Waals surface area contributed by atoms with Crippen LogP contribution in [0.2, 0.25) is 0 Å². The molecule has 1 heterocycles. The predicted molar refractivity (Wildman–Crippen MR) is 144 cm³/mol. The Hall–Kier alpha value is -2.49. The van der Waals surface area contributed by atoms with E-state index in [2.05, 4.69) is 10.2 Å². The van der Waals surface area contributed by atoms with Crippen LogP contribution in [0.3, 0.4) is 0 Å². The van der Waals surface area contributed by atoms with E-state index in [1.54, 1.807) is 0 Å². The molecule has 0 aromatic carbocycles. The third-order valence-corrected chi connectivity index (χ3v) is 7.48. The molecular formula is C28H49N3O7. The fourth-order valence-electron chi connectivity index (χ4n) is 4.72. The molecule has 38 heavy (non-hydrogen) atoms. The highest BCUT2D eigenvalue weighted by atomic mass is 16.6. The van der Waals surface area contributed by atoms with E-state index in [4.69, 9.17) is 9.47 Å². The molecule has 3 atom stereocenters. The lowest BCUT2D eigenvalue weighted by atomic mass is 9.72. The van der Waals surface area contributed by atoms with Crippen molar-refractivity contribution in [1.82, 2.24) is 15.1 Å². The van der Waals surface area contributed by atoms with Crippen molar-refractivity contribution in [1.29, 1.82) is 0 Å². The largest absolute Gasteiger partial charge is 0.462 e. The number of esters is 2. The van der Waals surface area contributed by atoms with E-state index >= 15 is 0 Å². The Morgan fingerprint density at radius 3 is 2.26 bits per heavy atom. The average molecular weight is 540 g/mol. The van der Waals surface area contributed by atoms with Gasteiger partial charge in [-0.25, -0.2) is 0 Å². The summed E-state index contributed by atoms with van der Waals surface area (Å²) in [5.41, 5.74) is -1.61. The molecule has 1 aliphatic heterocycles. The van der Waals surface area contributed by atoms with E-state index in [-0.39, 0.29) is 43.3 Å². The minimum Gasteiger partial charge on any atom is -0.462 e. The number of amides is 2. The zero-order valence-corrected chi connectivity index (χ0v) is 24.5. The highest BCUT2D eigenvalue weighted by Gasteiger charge is 2.42. The van der Waals surface area contributed by atoms with Crippen LogP contribution in [0.4, 0.5) is 0 Å². The van der Waals surface area contributed by atoms with Gasteiger partial charge in [0, 0.05) is 31.0 Å². The van der Waals surface area contributed by atoms with E-state index in [1.165, 1.54) is 6.92 Å². The molecule has 0 bridgehead atoms. The summed E-state index contributed by atoms with van der Waals surface area (Å²) in [4.78, 5) is 65.3. The number of rotatable bonds is 18. The maximum atomic E-state index is 13.3. The van der Waals surface area contributed by atoms with Crippen molar-refractivity contribution in [3.05, 3.63) is 0 Å². The van der Waals surface area contributed by atoms with Gasteiger partial charge in [-0.3, -0.25) is 24.0 Å². The molecule has 3 unspecified atom stereocenters. The number of nitrogens with one attached hydrogen (secondary N) is 1. The van der Waals surface area contributed by atoms with Gasteiger partial charge in [-0.05, 0) is 79.9 Å². The third-order valence-electron chi connectivity index (χ3n) is 7.48. The summed E-state index contributed by atoms with van der Waals surface area (Å²) >= 11 is 0. The van der Waals surface area contributed by atoms with Gasteiger partial charge < -0.3 is 24.6 Å². The Bertz CT molecular complexity index is 831. The van der Waals surface area contributed by atoms with Gasteiger partial charge in [-0.1, -0.05) is 13.8 Å². The normalized spacial score (nSPS) is 17.5. The molecule has 0 aliphatic carbocycles. The number of ether oxygens (including phenoxy) is 2. The maximum Gasteiger partial charge on any atom is 0.313 e. The van der Waals surface area contributed by atoms with E-state index in [1.807, 2.05) is 46.7 Å². The van der Waals surface area contributed by atoms with Crippen molar-refractivity contribution in [2.24, 2.45) is 10.8 Å². The van der Waals surface area contributed by atoms with Gasteiger partial charge in [-0.2, -0.15) is 0 Å². The number of hydrogen-bond donors (Lipinski definition) is 1. The van der Waals surface area contributed by atoms with Crippen molar-refractivity contribution in [2.45, 2.75) is 92.0 Å². The zero-order chi connectivity index (χ0) is 28.9. The second-order valence-electron chi connectivity index (χ2n) is 11.4. The van der Waals surface area contributed by atoms with Crippen LogP contribution in [0.15, 0.2) is 0 Å². The predicted octanol–water partition coefficient (Wildman–Crippen LogP) is 2.72. The van der Waals surface area contributed by atoms with Gasteiger partial charge in [0.2, 0.25) is 11.8 Å². The maximum absolute atomic E-state index is 13.3. The molecule has 10 nitrogen and oxygen atoms in total. The number of ketones is 1. The van der Waals surface area contributed by atoms with E-state index in [9.17, 15) is 24.0 Å². The summed E-state index contributed by atoms with van der Waals surface area (Å²) in [6.45, 7) is 10.8. The van der Waals surface area contributed by atoms with Gasteiger partial charge in [0.25, 0.3) is 0 Å². The highest BCUT2D eigenvalue weighted by molar-refractivity contribution is 5.94. The molecule has 1 N–H and O–H groups in total. The number of carbonyl (C=O) groups is 5. The molecule has 0 aromatic rings. The third kappa shape index (κ3) is 11.1. The summed E-state index contributed by atoms with van der Waals surface area (Å²) in [5.74, 6) is -1.36. The first-order valence-corrected chi connectivity index (χ1v) is 13.8. The van der Waals surface area contributed by atoms with Crippen molar-refractivity contribution in [3.63, 3.8) is 0 Å². The fourth-order valence-corrected chi connectivity index (χ4v) is 4.72. The number of nitrogens with zero attached hydrogens (tertiary/aromatic N) is 2. The first kappa shape index (κ1) is 33.5. The summed E-state index contributed by atoms with van der Waals surface area (Å²) < 4.78 is 10.5. The number of Topliss-reactive ketones (excluding diaryl/α,β-unsaturated/α-hetero) is 1. The van der Waals surface area contributed by atoms with Crippen molar-refractivity contribution >= 4 is 29.5 Å². The molecule has 0 radical (unpaired) electrons. The summed E-state index contributed by atoms with van der Waals surface area (Å²) in [5, 5.41) is 3.05. The molecule has 0 spiro atoms. The standard InChI is InChI=1S/C28H49N3O7/c1-8-27(4,25(35)29-14-10-15-30(6)7)12-13-28(5,20-21(2)31-16-9-11-23(31)33)26(36)38-18-17-37-24(34)19-22(3)32/h21H,8-20H2,1-7H3,(H,29,35). The Balaban J connectivity index is 2.88. The molecular weight excluding hydrogens is 490 g/mol. The Kier molecular flexibility index (Phi) is 14.0. The molecule has 2 amide bonds. The van der Waals surface area contributed by atoms with Gasteiger partial charge in [0.05, 0.1) is 5.41 Å². The first-order chi connectivity index (χ1) is 17.7. The quantitative estimate of drug-likeness (QED) is 0.160. The second-order valence-corrected chi connectivity index (χ2v) is 11.4. The van der Waals surface area contributed by atoms with Gasteiger partial charge in [0.15, 0.2) is 0 Å². The zero-order valence-electron chi connectivity index (χ0n) is 24.5. The number of hydrogen-bond acceptors (Lipinski definition) is 8. The van der Waals surface area contributed by atoms with Crippen molar-refractivity contribution in [3.8, 4) is 0 Å². The number of carbonyl (C=O) groups excluding carboxylic acids is 5. The Morgan fingerprint density at radius 1 is 1.08 bits per heavy atom. The minimum absolute atomic E-state index is 0.0328. The van der Waals surface area contributed by atoms with Crippen LogP contribution >= 0.6 is 0 Å². The summed E-state index contributed by atoms with van der Waals surface area (Å²) in [6.07, 6.45) is 3.73. The number of likely N-dealkylation sites (tertiary alicyclic amines) is 1. The summed E-state index contributed by atoms with van der Waals surface area (Å²) in [6, 6.07) is -0.163. The summed E-state index contributed by atoms with van der Waals surface area (Å²) in [7, 11) is 3.98. The lowest BCUT2D eigenvalue weighted by molar-refractivity contribution is -0.162. The van der Waals surface area contributed by atoms with Gasteiger partial charge in [-0.15, -0.1) is 0 Å². The topological polar surface area (TPSA) is 122 Å². The molecule has 218 valence electrons. The SMILES string of the molecule is CCC(C)(CCC(C)(CC(C)N1CCCC1=O)C(=O)OCCOC(=O)CC(C)=O)C(=O)NCCCN(C)C. The lowest BCUT2D eigenvalue weighted by Crippen LogP contribution is -2.44. The Morgan fingerprint density at radius 2 is 1.71 bits per heavy atom. The van der Waals surface area contributed by atoms with Gasteiger partial charge >= 0.3 is 11.9 Å².